The first-order valence-electron chi connectivity index (χ1n) is 9.20. The smallest absolute Gasteiger partial charge is 0.416 e. The molecule has 3 saturated heterocycles. The lowest BCUT2D eigenvalue weighted by Gasteiger charge is -2.27. The van der Waals surface area contributed by atoms with Crippen molar-refractivity contribution in [2.75, 3.05) is 19.8 Å². The number of carbonyl (C=O) groups excluding carboxylic acids is 2. The number of hydrogen-bond donors (Lipinski definition) is 0. The van der Waals surface area contributed by atoms with Crippen molar-refractivity contribution in [2.24, 2.45) is 0 Å². The first-order valence-corrected chi connectivity index (χ1v) is 9.20. The fraction of sp³-hybridized carbons (Fsp3) is 0.579. The summed E-state index contributed by atoms with van der Waals surface area (Å²) in [6.07, 6.45) is -1.13. The maximum atomic E-state index is 12.7. The Kier molecular flexibility index (Phi) is 4.90. The number of ether oxygens (including phenoxy) is 3. The fourth-order valence-corrected chi connectivity index (χ4v) is 3.70. The minimum Gasteiger partial charge on any atom is -0.447 e. The Morgan fingerprint density at radius 3 is 2.67 bits per heavy atom. The molecule has 0 saturated carbocycles. The average molecular weight is 376 g/mol. The molecule has 3 fully saturated rings. The van der Waals surface area contributed by atoms with Crippen LogP contribution in [0.1, 0.15) is 25.8 Å². The van der Waals surface area contributed by atoms with E-state index in [1.807, 2.05) is 44.2 Å². The largest absolute Gasteiger partial charge is 0.447 e. The van der Waals surface area contributed by atoms with Gasteiger partial charge < -0.3 is 14.2 Å². The van der Waals surface area contributed by atoms with Crippen molar-refractivity contribution in [1.82, 2.24) is 9.96 Å². The van der Waals surface area contributed by atoms with E-state index in [9.17, 15) is 9.59 Å². The number of nitrogens with zero attached hydrogens (tertiary/aromatic N) is 2. The summed E-state index contributed by atoms with van der Waals surface area (Å²) in [6.45, 7) is 5.17. The summed E-state index contributed by atoms with van der Waals surface area (Å²) in [5.41, 5.74) is 1.06. The van der Waals surface area contributed by atoms with Crippen LogP contribution >= 0.6 is 0 Å². The molecule has 4 rings (SSSR count). The van der Waals surface area contributed by atoms with Gasteiger partial charge in [-0.15, -0.1) is 0 Å². The fourth-order valence-electron chi connectivity index (χ4n) is 3.70. The predicted molar refractivity (Wildman–Crippen MR) is 93.2 cm³/mol. The van der Waals surface area contributed by atoms with Crippen LogP contribution in [0.15, 0.2) is 30.3 Å². The molecule has 3 atom stereocenters. The van der Waals surface area contributed by atoms with Gasteiger partial charge in [0.15, 0.2) is 11.9 Å². The van der Waals surface area contributed by atoms with Crippen LogP contribution in [0.25, 0.3) is 0 Å². The molecule has 1 aromatic carbocycles. The quantitative estimate of drug-likeness (QED) is 0.791. The third-order valence-corrected chi connectivity index (χ3v) is 5.03. The van der Waals surface area contributed by atoms with E-state index in [0.717, 1.165) is 10.5 Å². The van der Waals surface area contributed by atoms with E-state index in [1.165, 1.54) is 0 Å². The Labute approximate surface area is 157 Å². The van der Waals surface area contributed by atoms with Crippen molar-refractivity contribution in [3.05, 3.63) is 35.9 Å². The van der Waals surface area contributed by atoms with Crippen LogP contribution in [-0.2, 0) is 30.4 Å². The molecule has 1 aromatic rings. The summed E-state index contributed by atoms with van der Waals surface area (Å²) in [6, 6.07) is 9.73. The van der Waals surface area contributed by atoms with Gasteiger partial charge in [-0.05, 0) is 19.4 Å². The molecule has 0 aliphatic carbocycles. The molecule has 3 heterocycles. The van der Waals surface area contributed by atoms with E-state index < -0.39 is 18.0 Å². The lowest BCUT2D eigenvalue weighted by atomic mass is 10.0. The SMILES string of the molecule is CC1(C)OC[C@H]([C@@H]2C[C@@H](C(=O)N3CCOC3=O)ON2Cc2ccccc2)O1. The molecule has 3 aliphatic heterocycles. The highest BCUT2D eigenvalue weighted by atomic mass is 16.8. The van der Waals surface area contributed by atoms with Gasteiger partial charge in [0, 0.05) is 13.0 Å². The van der Waals surface area contributed by atoms with Gasteiger partial charge in [0.25, 0.3) is 5.91 Å². The number of benzene rings is 1. The molecule has 0 radical (unpaired) electrons. The zero-order chi connectivity index (χ0) is 19.0. The first-order chi connectivity index (χ1) is 12.9. The van der Waals surface area contributed by atoms with E-state index in [2.05, 4.69) is 0 Å². The van der Waals surface area contributed by atoms with Crippen LogP contribution in [0.4, 0.5) is 4.79 Å². The van der Waals surface area contributed by atoms with Gasteiger partial charge in [-0.3, -0.25) is 9.63 Å². The first kappa shape index (κ1) is 18.4. The van der Waals surface area contributed by atoms with Gasteiger partial charge in [-0.25, -0.2) is 9.69 Å². The number of carbonyl (C=O) groups is 2. The van der Waals surface area contributed by atoms with Crippen LogP contribution in [0.5, 0.6) is 0 Å². The Morgan fingerprint density at radius 2 is 2.04 bits per heavy atom. The number of amides is 2. The van der Waals surface area contributed by atoms with Crippen molar-refractivity contribution in [2.45, 2.75) is 50.8 Å². The predicted octanol–water partition coefficient (Wildman–Crippen LogP) is 1.69. The van der Waals surface area contributed by atoms with Crippen LogP contribution < -0.4 is 0 Å². The molecule has 8 heteroatoms. The summed E-state index contributed by atoms with van der Waals surface area (Å²) in [7, 11) is 0. The molecule has 2 amide bonds. The maximum Gasteiger partial charge on any atom is 0.416 e. The molecular weight excluding hydrogens is 352 g/mol. The molecule has 0 spiro atoms. The minimum absolute atomic E-state index is 0.153. The third-order valence-electron chi connectivity index (χ3n) is 5.03. The van der Waals surface area contributed by atoms with Crippen molar-refractivity contribution in [3.63, 3.8) is 0 Å². The molecule has 3 aliphatic rings. The molecule has 0 bridgehead atoms. The molecular formula is C19H24N2O6. The standard InChI is InChI=1S/C19H24N2O6/c1-19(2)25-12-16(26-19)14-10-15(17(22)20-8-9-24-18(20)23)27-21(14)11-13-6-4-3-5-7-13/h3-7,14-16H,8-12H2,1-2H3/t14-,15-,16+/m0/s1. The molecule has 0 aromatic heterocycles. The van der Waals surface area contributed by atoms with Gasteiger partial charge in [0.2, 0.25) is 0 Å². The van der Waals surface area contributed by atoms with Crippen LogP contribution in [-0.4, -0.2) is 65.8 Å². The summed E-state index contributed by atoms with van der Waals surface area (Å²) < 4.78 is 16.6. The molecule has 146 valence electrons. The number of cyclic esters (lactones) is 1. The topological polar surface area (TPSA) is 77.5 Å². The van der Waals surface area contributed by atoms with Gasteiger partial charge >= 0.3 is 6.09 Å². The van der Waals surface area contributed by atoms with E-state index >= 15 is 0 Å². The van der Waals surface area contributed by atoms with Gasteiger partial charge in [-0.2, -0.15) is 5.06 Å². The summed E-state index contributed by atoms with van der Waals surface area (Å²) in [4.78, 5) is 31.6. The highest BCUT2D eigenvalue weighted by Gasteiger charge is 2.48. The van der Waals surface area contributed by atoms with Crippen LogP contribution in [0.3, 0.4) is 0 Å². The number of hydroxylamine groups is 2. The van der Waals surface area contributed by atoms with Crippen LogP contribution in [0, 0.1) is 0 Å². The summed E-state index contributed by atoms with van der Waals surface area (Å²) in [5, 5.41) is 1.79. The second kappa shape index (κ2) is 7.20. The van der Waals surface area contributed by atoms with Crippen molar-refractivity contribution in [3.8, 4) is 0 Å². The zero-order valence-electron chi connectivity index (χ0n) is 15.5. The molecule has 8 nitrogen and oxygen atoms in total. The van der Waals surface area contributed by atoms with E-state index in [0.29, 0.717) is 19.6 Å². The lowest BCUT2D eigenvalue weighted by Crippen LogP contribution is -2.40. The zero-order valence-corrected chi connectivity index (χ0v) is 15.5. The van der Waals surface area contributed by atoms with E-state index in [-0.39, 0.29) is 31.2 Å². The second-order valence-corrected chi connectivity index (χ2v) is 7.43. The van der Waals surface area contributed by atoms with Crippen molar-refractivity contribution in [1.29, 1.82) is 0 Å². The Hall–Kier alpha value is -2.00. The normalized spacial score (nSPS) is 30.7. The molecule has 0 unspecified atom stereocenters. The number of hydrogen-bond acceptors (Lipinski definition) is 7. The number of imide groups is 1. The monoisotopic (exact) mass is 376 g/mol. The minimum atomic E-state index is -0.739. The average Bonchev–Trinajstić information content (AvgIpc) is 3.34. The van der Waals surface area contributed by atoms with Gasteiger partial charge in [0.1, 0.15) is 12.7 Å². The number of rotatable bonds is 4. The van der Waals surface area contributed by atoms with Crippen molar-refractivity contribution < 1.29 is 28.6 Å². The van der Waals surface area contributed by atoms with Gasteiger partial charge in [-0.1, -0.05) is 30.3 Å². The van der Waals surface area contributed by atoms with Crippen molar-refractivity contribution >= 4 is 12.0 Å². The van der Waals surface area contributed by atoms with E-state index in [4.69, 9.17) is 19.0 Å². The lowest BCUT2D eigenvalue weighted by molar-refractivity contribution is -0.200. The molecule has 0 N–H and O–H groups in total. The summed E-state index contributed by atoms with van der Waals surface area (Å²) >= 11 is 0. The van der Waals surface area contributed by atoms with E-state index in [1.54, 1.807) is 5.06 Å². The second-order valence-electron chi connectivity index (χ2n) is 7.43. The highest BCUT2D eigenvalue weighted by molar-refractivity contribution is 5.95. The Balaban J connectivity index is 1.51. The summed E-state index contributed by atoms with van der Waals surface area (Å²) in [5.74, 6) is -1.03. The van der Waals surface area contributed by atoms with Gasteiger partial charge in [0.05, 0.1) is 19.2 Å². The molecule has 27 heavy (non-hydrogen) atoms. The Morgan fingerprint density at radius 1 is 1.26 bits per heavy atom. The van der Waals surface area contributed by atoms with Crippen LogP contribution in [0.2, 0.25) is 0 Å². The highest BCUT2D eigenvalue weighted by Crippen LogP contribution is 2.34. The third kappa shape index (κ3) is 3.84. The Bertz CT molecular complexity index is 709. The maximum absolute atomic E-state index is 12.7.